The van der Waals surface area contributed by atoms with E-state index in [0.717, 1.165) is 31.7 Å². The summed E-state index contributed by atoms with van der Waals surface area (Å²) in [4.78, 5) is 14.5. The van der Waals surface area contributed by atoms with Gasteiger partial charge < -0.3 is 14.2 Å². The maximum absolute atomic E-state index is 12.0. The average Bonchev–Trinajstić information content (AvgIpc) is 3.15. The van der Waals surface area contributed by atoms with E-state index in [1.165, 1.54) is 32.4 Å². The fraction of sp³-hybridized carbons (Fsp3) is 0.632. The third kappa shape index (κ3) is 5.21. The lowest BCUT2D eigenvalue weighted by Crippen LogP contribution is -2.33. The molecule has 0 spiro atoms. The van der Waals surface area contributed by atoms with Crippen LogP contribution in [0, 0.1) is 0 Å². The van der Waals surface area contributed by atoms with Crippen molar-refractivity contribution in [2.45, 2.75) is 38.2 Å². The SMILES string of the molecule is O=C(OCC1CCCO1)c1ccc(OCCN2CCCCC2)cc1. The van der Waals surface area contributed by atoms with Gasteiger partial charge in [0.2, 0.25) is 0 Å². The van der Waals surface area contributed by atoms with Crippen molar-refractivity contribution in [3.8, 4) is 5.75 Å². The number of carbonyl (C=O) groups is 1. The van der Waals surface area contributed by atoms with Crippen LogP contribution in [0.1, 0.15) is 42.5 Å². The molecule has 0 aromatic heterocycles. The van der Waals surface area contributed by atoms with Crippen LogP contribution in [-0.4, -0.2) is 56.4 Å². The van der Waals surface area contributed by atoms with Gasteiger partial charge in [0.15, 0.2) is 0 Å². The van der Waals surface area contributed by atoms with Crippen molar-refractivity contribution in [2.24, 2.45) is 0 Å². The van der Waals surface area contributed by atoms with Crippen molar-refractivity contribution >= 4 is 5.97 Å². The number of rotatable bonds is 7. The molecule has 0 N–H and O–H groups in total. The average molecular weight is 333 g/mol. The Bertz CT molecular complexity index is 505. The lowest BCUT2D eigenvalue weighted by molar-refractivity contribution is 0.0161. The largest absolute Gasteiger partial charge is 0.492 e. The van der Waals surface area contributed by atoms with Gasteiger partial charge in [0.1, 0.15) is 19.0 Å². The number of hydrogen-bond donors (Lipinski definition) is 0. The molecule has 5 nitrogen and oxygen atoms in total. The summed E-state index contributed by atoms with van der Waals surface area (Å²) in [6.07, 6.45) is 6.02. The zero-order chi connectivity index (χ0) is 16.6. The van der Waals surface area contributed by atoms with E-state index < -0.39 is 0 Å². The van der Waals surface area contributed by atoms with Crippen LogP contribution in [0.4, 0.5) is 0 Å². The summed E-state index contributed by atoms with van der Waals surface area (Å²) in [5.41, 5.74) is 0.552. The Balaban J connectivity index is 1.38. The lowest BCUT2D eigenvalue weighted by atomic mass is 10.1. The molecule has 3 rings (SSSR count). The van der Waals surface area contributed by atoms with Gasteiger partial charge in [0.05, 0.1) is 11.7 Å². The predicted molar refractivity (Wildman–Crippen MR) is 91.5 cm³/mol. The quantitative estimate of drug-likeness (QED) is 0.718. The van der Waals surface area contributed by atoms with Gasteiger partial charge in [0.25, 0.3) is 0 Å². The fourth-order valence-electron chi connectivity index (χ4n) is 3.19. The number of carbonyl (C=O) groups excluding carboxylic acids is 1. The molecule has 2 saturated heterocycles. The first-order chi connectivity index (χ1) is 11.8. The van der Waals surface area contributed by atoms with E-state index >= 15 is 0 Å². The molecule has 0 radical (unpaired) electrons. The Morgan fingerprint density at radius 1 is 1.12 bits per heavy atom. The van der Waals surface area contributed by atoms with E-state index in [0.29, 0.717) is 18.8 Å². The summed E-state index contributed by atoms with van der Waals surface area (Å²) in [6, 6.07) is 7.18. The molecule has 132 valence electrons. The Hall–Kier alpha value is -1.59. The molecular formula is C19H27NO4. The first-order valence-electron chi connectivity index (χ1n) is 9.05. The summed E-state index contributed by atoms with van der Waals surface area (Å²) in [5.74, 6) is 0.494. The molecule has 2 fully saturated rings. The van der Waals surface area contributed by atoms with Crippen molar-refractivity contribution < 1.29 is 19.0 Å². The highest BCUT2D eigenvalue weighted by Gasteiger charge is 2.18. The van der Waals surface area contributed by atoms with E-state index in [2.05, 4.69) is 4.90 Å². The third-order valence-corrected chi connectivity index (χ3v) is 4.64. The van der Waals surface area contributed by atoms with Gasteiger partial charge in [-0.3, -0.25) is 4.90 Å². The maximum Gasteiger partial charge on any atom is 0.338 e. The molecule has 0 aliphatic carbocycles. The number of esters is 1. The summed E-state index contributed by atoms with van der Waals surface area (Å²) >= 11 is 0. The maximum atomic E-state index is 12.0. The highest BCUT2D eigenvalue weighted by molar-refractivity contribution is 5.89. The Kier molecular flexibility index (Phi) is 6.49. The number of ether oxygens (including phenoxy) is 3. The molecule has 5 heteroatoms. The highest BCUT2D eigenvalue weighted by Crippen LogP contribution is 2.16. The van der Waals surface area contributed by atoms with E-state index in [1.807, 2.05) is 12.1 Å². The molecule has 2 aliphatic heterocycles. The minimum absolute atomic E-state index is 0.0614. The van der Waals surface area contributed by atoms with Crippen LogP contribution in [-0.2, 0) is 9.47 Å². The molecule has 1 aromatic carbocycles. The summed E-state index contributed by atoms with van der Waals surface area (Å²) in [6.45, 7) is 5.12. The minimum Gasteiger partial charge on any atom is -0.492 e. The van der Waals surface area contributed by atoms with Crippen LogP contribution in [0.15, 0.2) is 24.3 Å². The van der Waals surface area contributed by atoms with Crippen molar-refractivity contribution in [2.75, 3.05) is 39.5 Å². The van der Waals surface area contributed by atoms with Gasteiger partial charge in [-0.2, -0.15) is 0 Å². The van der Waals surface area contributed by atoms with Crippen LogP contribution in [0.25, 0.3) is 0 Å². The number of piperidine rings is 1. The molecular weight excluding hydrogens is 306 g/mol. The van der Waals surface area contributed by atoms with Crippen molar-refractivity contribution in [3.63, 3.8) is 0 Å². The molecule has 0 amide bonds. The van der Waals surface area contributed by atoms with Crippen LogP contribution in [0.3, 0.4) is 0 Å². The highest BCUT2D eigenvalue weighted by atomic mass is 16.6. The standard InChI is InChI=1S/C19H27NO4/c21-19(24-15-18-5-4-13-22-18)16-6-8-17(9-7-16)23-14-12-20-10-2-1-3-11-20/h6-9,18H,1-5,10-15H2. The summed E-state index contributed by atoms with van der Waals surface area (Å²) in [7, 11) is 0. The topological polar surface area (TPSA) is 48.0 Å². The molecule has 24 heavy (non-hydrogen) atoms. The molecule has 0 bridgehead atoms. The monoisotopic (exact) mass is 333 g/mol. The summed E-state index contributed by atoms with van der Waals surface area (Å²) in [5, 5.41) is 0. The second-order valence-electron chi connectivity index (χ2n) is 6.51. The second kappa shape index (κ2) is 9.04. The molecule has 1 atom stereocenters. The predicted octanol–water partition coefficient (Wildman–Crippen LogP) is 2.89. The minimum atomic E-state index is -0.301. The third-order valence-electron chi connectivity index (χ3n) is 4.64. The van der Waals surface area contributed by atoms with Crippen molar-refractivity contribution in [3.05, 3.63) is 29.8 Å². The van der Waals surface area contributed by atoms with Gasteiger partial charge >= 0.3 is 5.97 Å². The molecule has 0 saturated carbocycles. The lowest BCUT2D eigenvalue weighted by Gasteiger charge is -2.26. The van der Waals surface area contributed by atoms with Gasteiger partial charge in [0, 0.05) is 13.2 Å². The number of hydrogen-bond acceptors (Lipinski definition) is 5. The first-order valence-corrected chi connectivity index (χ1v) is 9.05. The molecule has 1 unspecified atom stereocenters. The van der Waals surface area contributed by atoms with Gasteiger partial charge in [-0.25, -0.2) is 4.79 Å². The molecule has 2 heterocycles. The van der Waals surface area contributed by atoms with Crippen LogP contribution >= 0.6 is 0 Å². The van der Waals surface area contributed by atoms with E-state index in [1.54, 1.807) is 12.1 Å². The normalized spacial score (nSPS) is 21.6. The van der Waals surface area contributed by atoms with E-state index in [-0.39, 0.29) is 12.1 Å². The Labute approximate surface area is 143 Å². The first kappa shape index (κ1) is 17.2. The molecule has 1 aromatic rings. The zero-order valence-corrected chi connectivity index (χ0v) is 14.2. The fourth-order valence-corrected chi connectivity index (χ4v) is 3.19. The molecule has 2 aliphatic rings. The van der Waals surface area contributed by atoms with Crippen molar-refractivity contribution in [1.29, 1.82) is 0 Å². The van der Waals surface area contributed by atoms with Gasteiger partial charge in [-0.05, 0) is 63.0 Å². The summed E-state index contributed by atoms with van der Waals surface area (Å²) < 4.78 is 16.5. The number of nitrogens with zero attached hydrogens (tertiary/aromatic N) is 1. The van der Waals surface area contributed by atoms with Crippen LogP contribution < -0.4 is 4.74 Å². The van der Waals surface area contributed by atoms with Crippen LogP contribution in [0.2, 0.25) is 0 Å². The second-order valence-corrected chi connectivity index (χ2v) is 6.51. The number of benzene rings is 1. The smallest absolute Gasteiger partial charge is 0.338 e. The zero-order valence-electron chi connectivity index (χ0n) is 14.2. The van der Waals surface area contributed by atoms with Gasteiger partial charge in [-0.15, -0.1) is 0 Å². The van der Waals surface area contributed by atoms with E-state index in [4.69, 9.17) is 14.2 Å². The Morgan fingerprint density at radius 2 is 1.92 bits per heavy atom. The number of likely N-dealkylation sites (tertiary alicyclic amines) is 1. The van der Waals surface area contributed by atoms with Crippen molar-refractivity contribution in [1.82, 2.24) is 4.90 Å². The Morgan fingerprint density at radius 3 is 2.62 bits per heavy atom. The van der Waals surface area contributed by atoms with Gasteiger partial charge in [-0.1, -0.05) is 6.42 Å². The van der Waals surface area contributed by atoms with Crippen LogP contribution in [0.5, 0.6) is 5.75 Å². The van der Waals surface area contributed by atoms with E-state index in [9.17, 15) is 4.79 Å².